The highest BCUT2D eigenvalue weighted by Crippen LogP contribution is 2.65. The van der Waals surface area contributed by atoms with Crippen LogP contribution in [0.25, 0.3) is 10.8 Å². The minimum absolute atomic E-state index is 0.0348. The van der Waals surface area contributed by atoms with Crippen molar-refractivity contribution < 1.29 is 24.2 Å². The summed E-state index contributed by atoms with van der Waals surface area (Å²) in [4.78, 5) is 43.0. The van der Waals surface area contributed by atoms with Crippen LogP contribution in [0.2, 0.25) is 0 Å². The van der Waals surface area contributed by atoms with E-state index in [4.69, 9.17) is 4.74 Å². The van der Waals surface area contributed by atoms with E-state index in [0.29, 0.717) is 18.5 Å². The molecule has 3 unspecified atom stereocenters. The number of benzene rings is 2. The van der Waals surface area contributed by atoms with Gasteiger partial charge in [-0.3, -0.25) is 14.4 Å². The zero-order valence-corrected chi connectivity index (χ0v) is 22.2. The Morgan fingerprint density at radius 1 is 1.16 bits per heavy atom. The van der Waals surface area contributed by atoms with E-state index >= 15 is 0 Å². The number of likely N-dealkylation sites (tertiary alicyclic amines) is 1. The second-order valence-corrected chi connectivity index (χ2v) is 11.6. The summed E-state index contributed by atoms with van der Waals surface area (Å²) < 4.78 is 6.70. The fourth-order valence-electron chi connectivity index (χ4n) is 7.22. The van der Waals surface area contributed by atoms with Gasteiger partial charge in [0.05, 0.1) is 30.1 Å². The van der Waals surface area contributed by atoms with Crippen molar-refractivity contribution in [1.82, 2.24) is 10.2 Å². The summed E-state index contributed by atoms with van der Waals surface area (Å²) in [5, 5.41) is 18.2. The van der Waals surface area contributed by atoms with E-state index in [2.05, 4.69) is 10.6 Å². The van der Waals surface area contributed by atoms with E-state index in [9.17, 15) is 19.5 Å². The maximum Gasteiger partial charge on any atom is 0.250 e. The van der Waals surface area contributed by atoms with Crippen LogP contribution >= 0.6 is 0 Å². The van der Waals surface area contributed by atoms with E-state index in [1.807, 2.05) is 70.2 Å². The first kappa shape index (κ1) is 25.7. The van der Waals surface area contributed by atoms with Gasteiger partial charge in [0.2, 0.25) is 17.7 Å². The van der Waals surface area contributed by atoms with Gasteiger partial charge in [-0.1, -0.05) is 51.1 Å². The van der Waals surface area contributed by atoms with Gasteiger partial charge < -0.3 is 25.4 Å². The molecule has 3 fully saturated rings. The summed E-state index contributed by atoms with van der Waals surface area (Å²) in [6, 6.07) is 12.1. The summed E-state index contributed by atoms with van der Waals surface area (Å²) in [6.45, 7) is 7.67. The van der Waals surface area contributed by atoms with Crippen LogP contribution in [-0.4, -0.2) is 64.7 Å². The Hall–Kier alpha value is -2.97. The zero-order valence-electron chi connectivity index (χ0n) is 22.2. The minimum atomic E-state index is -1.15. The molecule has 3 aliphatic heterocycles. The predicted molar refractivity (Wildman–Crippen MR) is 141 cm³/mol. The molecule has 8 nitrogen and oxygen atoms in total. The first-order chi connectivity index (χ1) is 17.6. The normalized spacial score (nSPS) is 33.2. The molecule has 0 saturated carbocycles. The number of nitrogens with zero attached hydrogens (tertiary/aromatic N) is 1. The summed E-state index contributed by atoms with van der Waals surface area (Å²) in [6.07, 6.45) is 1.02. The summed E-state index contributed by atoms with van der Waals surface area (Å²) >= 11 is 0. The van der Waals surface area contributed by atoms with Gasteiger partial charge in [-0.05, 0) is 54.5 Å². The zero-order chi connectivity index (χ0) is 26.7. The number of aliphatic hydroxyl groups excluding tert-OH is 1. The number of carbonyl (C=O) groups excluding carboxylic acids is 3. The Labute approximate surface area is 217 Å². The lowest BCUT2D eigenvalue weighted by Gasteiger charge is -2.37. The van der Waals surface area contributed by atoms with Crippen molar-refractivity contribution in [2.45, 2.75) is 63.8 Å². The monoisotopic (exact) mass is 507 g/mol. The van der Waals surface area contributed by atoms with Crippen molar-refractivity contribution >= 4 is 34.2 Å². The highest BCUT2D eigenvalue weighted by Gasteiger charge is 2.80. The molecule has 8 heteroatoms. The molecule has 3 saturated heterocycles. The van der Waals surface area contributed by atoms with Gasteiger partial charge in [-0.15, -0.1) is 0 Å². The Morgan fingerprint density at radius 2 is 1.86 bits per heavy atom. The number of carbonyl (C=O) groups is 3. The number of fused-ring (bicyclic) bond motifs is 2. The van der Waals surface area contributed by atoms with Crippen molar-refractivity contribution in [2.75, 3.05) is 19.0 Å². The molecule has 37 heavy (non-hydrogen) atoms. The number of ether oxygens (including phenoxy) is 1. The van der Waals surface area contributed by atoms with Crippen LogP contribution in [0.5, 0.6) is 0 Å². The van der Waals surface area contributed by atoms with Gasteiger partial charge in [0.25, 0.3) is 0 Å². The topological polar surface area (TPSA) is 108 Å². The highest BCUT2D eigenvalue weighted by molar-refractivity contribution is 6.04. The lowest BCUT2D eigenvalue weighted by Crippen LogP contribution is -2.56. The lowest BCUT2D eigenvalue weighted by molar-refractivity contribution is -0.149. The number of hydrogen-bond donors (Lipinski definition) is 3. The fraction of sp³-hybridized carbons (Fsp3) is 0.552. The summed E-state index contributed by atoms with van der Waals surface area (Å²) in [5.74, 6) is -2.25. The number of rotatable bonds is 7. The van der Waals surface area contributed by atoms with Gasteiger partial charge in [0.15, 0.2) is 0 Å². The second kappa shape index (κ2) is 9.10. The van der Waals surface area contributed by atoms with E-state index in [1.165, 1.54) is 4.90 Å². The first-order valence-corrected chi connectivity index (χ1v) is 13.2. The fourth-order valence-corrected chi connectivity index (χ4v) is 7.22. The molecule has 3 amide bonds. The standard InChI is InChI=1S/C29H37N3O5/c1-16(2)12-21(15-33)32-24(26(35)31-20-11-10-18-8-6-7-9-19(18)13-20)29-14-17(3)28(4,37-29)22(25(34)30-5)23(29)27(32)36/h6-11,13,16-17,21-24,33H,12,14-15H2,1-5H3,(H,30,34)(H,31,35)/t17?,21-,22-,23+,24?,28+,29?/m1/s1. The third-order valence-corrected chi connectivity index (χ3v) is 8.89. The van der Waals surface area contributed by atoms with Crippen molar-refractivity contribution in [3.63, 3.8) is 0 Å². The molecule has 3 heterocycles. The number of hydrogen-bond acceptors (Lipinski definition) is 5. The van der Waals surface area contributed by atoms with Crippen molar-refractivity contribution in [3.05, 3.63) is 42.5 Å². The lowest BCUT2D eigenvalue weighted by atomic mass is 9.62. The van der Waals surface area contributed by atoms with Crippen LogP contribution in [0.3, 0.4) is 0 Å². The maximum absolute atomic E-state index is 14.2. The molecular formula is C29H37N3O5. The Balaban J connectivity index is 1.59. The van der Waals surface area contributed by atoms with Crippen LogP contribution in [0.1, 0.15) is 40.5 Å². The van der Waals surface area contributed by atoms with Gasteiger partial charge >= 0.3 is 0 Å². The molecule has 2 bridgehead atoms. The average Bonchev–Trinajstić information content (AvgIpc) is 3.38. The third-order valence-electron chi connectivity index (χ3n) is 8.89. The van der Waals surface area contributed by atoms with Gasteiger partial charge in [0.1, 0.15) is 11.6 Å². The molecular weight excluding hydrogens is 470 g/mol. The smallest absolute Gasteiger partial charge is 0.250 e. The SMILES string of the molecule is CNC(=O)[C@H]1[C@H]2C(=O)N([C@@H](CO)CC(C)C)C(C(=O)Nc3ccc4ccccc4c3)C23CC(C)[C@]1(C)O3. The molecule has 2 aromatic carbocycles. The molecule has 3 N–H and O–H groups in total. The molecule has 1 spiro atoms. The van der Waals surface area contributed by atoms with E-state index < -0.39 is 35.1 Å². The molecule has 3 aliphatic rings. The number of amides is 3. The predicted octanol–water partition coefficient (Wildman–Crippen LogP) is 2.94. The van der Waals surface area contributed by atoms with E-state index in [0.717, 1.165) is 10.8 Å². The summed E-state index contributed by atoms with van der Waals surface area (Å²) in [5.41, 5.74) is -1.39. The Bertz CT molecular complexity index is 1250. The van der Waals surface area contributed by atoms with Crippen molar-refractivity contribution in [2.24, 2.45) is 23.7 Å². The minimum Gasteiger partial charge on any atom is -0.394 e. The van der Waals surface area contributed by atoms with Crippen LogP contribution in [0, 0.1) is 23.7 Å². The molecule has 198 valence electrons. The first-order valence-electron chi connectivity index (χ1n) is 13.2. The van der Waals surface area contributed by atoms with Crippen molar-refractivity contribution in [3.8, 4) is 0 Å². The highest BCUT2D eigenvalue weighted by atomic mass is 16.5. The van der Waals surface area contributed by atoms with Crippen LogP contribution in [0.15, 0.2) is 42.5 Å². The molecule has 5 rings (SSSR count). The number of anilines is 1. The second-order valence-electron chi connectivity index (χ2n) is 11.6. The van der Waals surface area contributed by atoms with Crippen LogP contribution < -0.4 is 10.6 Å². The van der Waals surface area contributed by atoms with Gasteiger partial charge in [-0.25, -0.2) is 0 Å². The molecule has 0 aliphatic carbocycles. The molecule has 0 radical (unpaired) electrons. The molecule has 2 aromatic rings. The molecule has 7 atom stereocenters. The summed E-state index contributed by atoms with van der Waals surface area (Å²) in [7, 11) is 1.56. The maximum atomic E-state index is 14.2. The van der Waals surface area contributed by atoms with Crippen molar-refractivity contribution in [1.29, 1.82) is 0 Å². The Kier molecular flexibility index (Phi) is 6.31. The Morgan fingerprint density at radius 3 is 2.51 bits per heavy atom. The largest absolute Gasteiger partial charge is 0.394 e. The quantitative estimate of drug-likeness (QED) is 0.534. The third kappa shape index (κ3) is 3.76. The van der Waals surface area contributed by atoms with Crippen LogP contribution in [-0.2, 0) is 19.1 Å². The molecule has 0 aromatic heterocycles. The average molecular weight is 508 g/mol. The number of aliphatic hydroxyl groups is 1. The van der Waals surface area contributed by atoms with E-state index in [-0.39, 0.29) is 36.2 Å². The van der Waals surface area contributed by atoms with E-state index in [1.54, 1.807) is 7.05 Å². The van der Waals surface area contributed by atoms with Crippen LogP contribution in [0.4, 0.5) is 5.69 Å². The van der Waals surface area contributed by atoms with Gasteiger partial charge in [0, 0.05) is 12.7 Å². The van der Waals surface area contributed by atoms with Gasteiger partial charge in [-0.2, -0.15) is 0 Å². The number of nitrogens with one attached hydrogen (secondary N) is 2.